The molecular formula is C10H15N5S. The minimum atomic E-state index is -0.474. The van der Waals surface area contributed by atoms with Crippen LogP contribution in [0.1, 0.15) is 19.8 Å². The highest BCUT2D eigenvalue weighted by atomic mass is 32.2. The molecule has 1 aromatic heterocycles. The first-order valence-electron chi connectivity index (χ1n) is 5.29. The summed E-state index contributed by atoms with van der Waals surface area (Å²) in [5.74, 6) is 0.687. The van der Waals surface area contributed by atoms with Gasteiger partial charge in [-0.2, -0.15) is 10.4 Å². The van der Waals surface area contributed by atoms with Crippen molar-refractivity contribution in [1.82, 2.24) is 20.1 Å². The summed E-state index contributed by atoms with van der Waals surface area (Å²) in [6.07, 6.45) is 3.90. The highest BCUT2D eigenvalue weighted by Gasteiger charge is 2.32. The fraction of sp³-hybridized carbons (Fsp3) is 0.700. The molecule has 1 aliphatic rings. The van der Waals surface area contributed by atoms with Gasteiger partial charge in [0, 0.05) is 18.8 Å². The van der Waals surface area contributed by atoms with E-state index < -0.39 is 5.54 Å². The fourth-order valence-corrected chi connectivity index (χ4v) is 2.33. The Morgan fingerprint density at radius 2 is 2.50 bits per heavy atom. The van der Waals surface area contributed by atoms with E-state index in [9.17, 15) is 5.26 Å². The lowest BCUT2D eigenvalue weighted by Crippen LogP contribution is -2.44. The number of rotatable bonds is 5. The van der Waals surface area contributed by atoms with Gasteiger partial charge >= 0.3 is 0 Å². The molecule has 1 aromatic rings. The number of nitrogens with zero attached hydrogens (tertiary/aromatic N) is 4. The van der Waals surface area contributed by atoms with Crippen molar-refractivity contribution in [2.24, 2.45) is 7.05 Å². The molecule has 86 valence electrons. The lowest BCUT2D eigenvalue weighted by atomic mass is 10.1. The van der Waals surface area contributed by atoms with Crippen molar-refractivity contribution < 1.29 is 0 Å². The molecule has 1 unspecified atom stereocenters. The van der Waals surface area contributed by atoms with Crippen LogP contribution in [0.4, 0.5) is 0 Å². The maximum atomic E-state index is 9.19. The highest BCUT2D eigenvalue weighted by molar-refractivity contribution is 7.99. The van der Waals surface area contributed by atoms with Crippen LogP contribution < -0.4 is 5.32 Å². The summed E-state index contributed by atoms with van der Waals surface area (Å²) in [4.78, 5) is 4.13. The van der Waals surface area contributed by atoms with Crippen molar-refractivity contribution in [3.63, 3.8) is 0 Å². The zero-order valence-electron chi connectivity index (χ0n) is 9.47. The van der Waals surface area contributed by atoms with Crippen molar-refractivity contribution in [3.8, 4) is 6.07 Å². The van der Waals surface area contributed by atoms with Gasteiger partial charge in [-0.05, 0) is 19.8 Å². The second kappa shape index (κ2) is 4.44. The molecule has 6 heteroatoms. The fourth-order valence-electron chi connectivity index (χ4n) is 1.41. The van der Waals surface area contributed by atoms with Crippen LogP contribution in [0.2, 0.25) is 0 Å². The van der Waals surface area contributed by atoms with Gasteiger partial charge in [0.05, 0.1) is 6.07 Å². The van der Waals surface area contributed by atoms with Gasteiger partial charge in [-0.15, -0.1) is 0 Å². The Balaban J connectivity index is 1.92. The number of thioether (sulfide) groups is 1. The average molecular weight is 237 g/mol. The van der Waals surface area contributed by atoms with Gasteiger partial charge in [-0.25, -0.2) is 9.67 Å². The Morgan fingerprint density at radius 1 is 1.75 bits per heavy atom. The smallest absolute Gasteiger partial charge is 0.185 e. The first-order chi connectivity index (χ1) is 7.63. The molecule has 16 heavy (non-hydrogen) atoms. The summed E-state index contributed by atoms with van der Waals surface area (Å²) in [7, 11) is 1.85. The molecule has 5 nitrogen and oxygen atoms in total. The lowest BCUT2D eigenvalue weighted by molar-refractivity contribution is 0.490. The van der Waals surface area contributed by atoms with Crippen molar-refractivity contribution in [3.05, 3.63) is 6.33 Å². The van der Waals surface area contributed by atoms with Gasteiger partial charge in [0.15, 0.2) is 5.16 Å². The van der Waals surface area contributed by atoms with Crippen LogP contribution in [0.5, 0.6) is 0 Å². The van der Waals surface area contributed by atoms with E-state index in [2.05, 4.69) is 21.5 Å². The molecule has 0 radical (unpaired) electrons. The van der Waals surface area contributed by atoms with Gasteiger partial charge in [0.2, 0.25) is 0 Å². The second-order valence-corrected chi connectivity index (χ2v) is 5.26. The lowest BCUT2D eigenvalue weighted by Gasteiger charge is -2.22. The van der Waals surface area contributed by atoms with Crippen LogP contribution in [0.15, 0.2) is 11.5 Å². The van der Waals surface area contributed by atoms with E-state index >= 15 is 0 Å². The number of hydrogen-bond acceptors (Lipinski definition) is 5. The van der Waals surface area contributed by atoms with Crippen molar-refractivity contribution in [1.29, 1.82) is 5.26 Å². The number of hydrogen-bond donors (Lipinski definition) is 1. The van der Waals surface area contributed by atoms with Crippen LogP contribution in [-0.2, 0) is 7.05 Å². The predicted octanol–water partition coefficient (Wildman–Crippen LogP) is 0.941. The monoisotopic (exact) mass is 237 g/mol. The summed E-state index contributed by atoms with van der Waals surface area (Å²) in [6.45, 7) is 1.94. The molecule has 1 N–H and O–H groups in total. The standard InChI is InChI=1S/C10H15N5S/c1-10(5-11,14-8-3-4-8)6-16-9-12-7-13-15(9)2/h7-8,14H,3-4,6H2,1-2H3. The first-order valence-corrected chi connectivity index (χ1v) is 6.27. The predicted molar refractivity (Wildman–Crippen MR) is 61.9 cm³/mol. The third kappa shape index (κ3) is 2.74. The number of aryl methyl sites for hydroxylation is 1. The average Bonchev–Trinajstić information content (AvgIpc) is 2.97. The van der Waals surface area contributed by atoms with E-state index in [1.54, 1.807) is 16.4 Å². The minimum Gasteiger partial charge on any atom is -0.296 e. The number of nitriles is 1. The largest absolute Gasteiger partial charge is 0.296 e. The first kappa shape index (κ1) is 11.4. The number of nitrogens with one attached hydrogen (secondary N) is 1. The van der Waals surface area contributed by atoms with Crippen molar-refractivity contribution in [2.45, 2.75) is 36.5 Å². The van der Waals surface area contributed by atoms with E-state index in [-0.39, 0.29) is 0 Å². The van der Waals surface area contributed by atoms with E-state index in [0.29, 0.717) is 11.8 Å². The van der Waals surface area contributed by atoms with Gasteiger partial charge < -0.3 is 0 Å². The van der Waals surface area contributed by atoms with E-state index in [0.717, 1.165) is 5.16 Å². The molecule has 1 heterocycles. The molecule has 0 spiro atoms. The van der Waals surface area contributed by atoms with Gasteiger partial charge in [0.1, 0.15) is 11.9 Å². The molecule has 2 rings (SSSR count). The molecule has 0 aliphatic heterocycles. The van der Waals surface area contributed by atoms with Crippen LogP contribution >= 0.6 is 11.8 Å². The molecule has 1 atom stereocenters. The van der Waals surface area contributed by atoms with E-state index in [1.165, 1.54) is 19.2 Å². The van der Waals surface area contributed by atoms with Gasteiger partial charge in [0.25, 0.3) is 0 Å². The van der Waals surface area contributed by atoms with E-state index in [1.807, 2.05) is 14.0 Å². The molecule has 0 saturated heterocycles. The van der Waals surface area contributed by atoms with Crippen LogP contribution in [0.25, 0.3) is 0 Å². The molecular weight excluding hydrogens is 222 g/mol. The topological polar surface area (TPSA) is 66.5 Å². The Kier molecular flexibility index (Phi) is 3.17. The third-order valence-electron chi connectivity index (χ3n) is 2.51. The normalized spacial score (nSPS) is 19.1. The van der Waals surface area contributed by atoms with Gasteiger partial charge in [-0.3, -0.25) is 5.32 Å². The highest BCUT2D eigenvalue weighted by Crippen LogP contribution is 2.25. The zero-order chi connectivity index (χ0) is 11.6. The molecule has 0 aromatic carbocycles. The molecule has 0 amide bonds. The minimum absolute atomic E-state index is 0.474. The molecule has 0 bridgehead atoms. The summed E-state index contributed by atoms with van der Waals surface area (Å²) in [6, 6.07) is 2.87. The second-order valence-electron chi connectivity index (χ2n) is 4.32. The van der Waals surface area contributed by atoms with E-state index in [4.69, 9.17) is 0 Å². The van der Waals surface area contributed by atoms with Gasteiger partial charge in [-0.1, -0.05) is 11.8 Å². The van der Waals surface area contributed by atoms with Crippen LogP contribution in [0.3, 0.4) is 0 Å². The maximum absolute atomic E-state index is 9.19. The molecule has 1 fully saturated rings. The summed E-state index contributed by atoms with van der Waals surface area (Å²) in [5.41, 5.74) is -0.474. The summed E-state index contributed by atoms with van der Waals surface area (Å²) < 4.78 is 1.72. The van der Waals surface area contributed by atoms with Crippen LogP contribution in [-0.4, -0.2) is 32.1 Å². The SMILES string of the molecule is Cn1ncnc1SCC(C)(C#N)NC1CC1. The Labute approximate surface area is 99.2 Å². The summed E-state index contributed by atoms with van der Waals surface area (Å²) >= 11 is 1.56. The summed E-state index contributed by atoms with van der Waals surface area (Å²) in [5, 5.41) is 17.4. The maximum Gasteiger partial charge on any atom is 0.185 e. The Hall–Kier alpha value is -1.06. The Morgan fingerprint density at radius 3 is 3.00 bits per heavy atom. The van der Waals surface area contributed by atoms with Crippen molar-refractivity contribution in [2.75, 3.05) is 5.75 Å². The Bertz CT molecular complexity index is 406. The zero-order valence-corrected chi connectivity index (χ0v) is 10.3. The third-order valence-corrected chi connectivity index (χ3v) is 3.86. The molecule has 1 saturated carbocycles. The quantitative estimate of drug-likeness (QED) is 0.772. The van der Waals surface area contributed by atoms with Crippen molar-refractivity contribution >= 4 is 11.8 Å². The van der Waals surface area contributed by atoms with Crippen LogP contribution in [0, 0.1) is 11.3 Å². The molecule has 1 aliphatic carbocycles. The number of aromatic nitrogens is 3.